The Hall–Kier alpha value is -2.12. The Morgan fingerprint density at radius 3 is 2.70 bits per heavy atom. The summed E-state index contributed by atoms with van der Waals surface area (Å²) in [7, 11) is 0. The summed E-state index contributed by atoms with van der Waals surface area (Å²) in [5.74, 6) is -0.950. The minimum Gasteiger partial charge on any atom is -0.478 e. The number of carboxylic acid groups (broad SMARTS) is 1. The number of esters is 1. The van der Waals surface area contributed by atoms with Crippen LogP contribution in [0.25, 0.3) is 4.91 Å². The molecule has 6 nitrogen and oxygen atoms in total. The summed E-state index contributed by atoms with van der Waals surface area (Å²) in [6, 6.07) is 5.23. The minimum absolute atomic E-state index is 0.152. The number of carbonyl (C=O) groups is 2. The third-order valence-corrected chi connectivity index (χ3v) is 4.34. The molecular weight excluding hydrogens is 316 g/mol. The molecule has 0 radical (unpaired) electrons. The first-order valence-electron chi connectivity index (χ1n) is 7.09. The Bertz CT molecular complexity index is 725. The Kier molecular flexibility index (Phi) is 5.23. The number of aliphatic carboxylic acids is 1. The highest BCUT2D eigenvalue weighted by atomic mass is 32.2. The van der Waals surface area contributed by atoms with Crippen LogP contribution < -0.4 is 10.5 Å². The van der Waals surface area contributed by atoms with E-state index in [-0.39, 0.29) is 5.57 Å². The van der Waals surface area contributed by atoms with Crippen molar-refractivity contribution >= 4 is 34.3 Å². The molecule has 0 aliphatic carbocycles. The molecule has 0 spiro atoms. The van der Waals surface area contributed by atoms with E-state index in [1.807, 2.05) is 13.0 Å². The summed E-state index contributed by atoms with van der Waals surface area (Å²) in [6.45, 7) is 4.91. The van der Waals surface area contributed by atoms with Gasteiger partial charge in [-0.3, -0.25) is 9.79 Å². The van der Waals surface area contributed by atoms with Crippen molar-refractivity contribution in [2.24, 2.45) is 10.7 Å². The quantitative estimate of drug-likeness (QED) is 0.647. The first-order chi connectivity index (χ1) is 10.8. The Labute approximate surface area is 138 Å². The summed E-state index contributed by atoms with van der Waals surface area (Å²) >= 11 is 1.20. The van der Waals surface area contributed by atoms with E-state index < -0.39 is 17.4 Å². The van der Waals surface area contributed by atoms with Crippen LogP contribution >= 0.6 is 11.8 Å². The largest absolute Gasteiger partial charge is 0.478 e. The summed E-state index contributed by atoms with van der Waals surface area (Å²) in [4.78, 5) is 27.4. The van der Waals surface area contributed by atoms with E-state index in [0.29, 0.717) is 22.8 Å². The van der Waals surface area contributed by atoms with Gasteiger partial charge >= 0.3 is 11.9 Å². The van der Waals surface area contributed by atoms with Gasteiger partial charge in [0.1, 0.15) is 11.2 Å². The zero-order valence-corrected chi connectivity index (χ0v) is 13.9. The molecule has 3 N–H and O–H groups in total. The van der Waals surface area contributed by atoms with E-state index in [4.69, 9.17) is 10.5 Å². The molecular formula is C16H18N2O4S. The van der Waals surface area contributed by atoms with Crippen molar-refractivity contribution in [2.45, 2.75) is 32.7 Å². The average Bonchev–Trinajstić information content (AvgIpc) is 2.45. The van der Waals surface area contributed by atoms with Crippen LogP contribution in [-0.4, -0.2) is 28.3 Å². The number of carbonyl (C=O) groups excluding carboxylic acids is 1. The van der Waals surface area contributed by atoms with E-state index in [0.717, 1.165) is 11.1 Å². The molecule has 7 heteroatoms. The first-order valence-corrected chi connectivity index (χ1v) is 7.97. The van der Waals surface area contributed by atoms with Gasteiger partial charge in [-0.1, -0.05) is 24.8 Å². The predicted molar refractivity (Wildman–Crippen MR) is 90.4 cm³/mol. The van der Waals surface area contributed by atoms with Crippen molar-refractivity contribution in [3.8, 4) is 5.75 Å². The normalized spacial score (nSPS) is 17.7. The first kappa shape index (κ1) is 17.2. The van der Waals surface area contributed by atoms with Crippen LogP contribution in [0.1, 0.15) is 31.9 Å². The van der Waals surface area contributed by atoms with Crippen molar-refractivity contribution < 1.29 is 19.4 Å². The zero-order chi connectivity index (χ0) is 17.1. The van der Waals surface area contributed by atoms with E-state index >= 15 is 0 Å². The molecule has 1 aromatic rings. The van der Waals surface area contributed by atoms with Gasteiger partial charge < -0.3 is 15.6 Å². The highest BCUT2D eigenvalue weighted by molar-refractivity contribution is 8.09. The number of rotatable bonds is 4. The SMILES string of the molecule is CCc1cc(C2=C(C(=O)O)C(C)=NC(N)S2)ccc1OC(C)=O. The van der Waals surface area contributed by atoms with E-state index in [2.05, 4.69) is 4.99 Å². The van der Waals surface area contributed by atoms with Gasteiger partial charge in [0, 0.05) is 11.8 Å². The molecule has 0 bridgehead atoms. The number of thioether (sulfide) groups is 1. The summed E-state index contributed by atoms with van der Waals surface area (Å²) < 4.78 is 5.17. The molecule has 0 aromatic heterocycles. The topological polar surface area (TPSA) is 102 Å². The van der Waals surface area contributed by atoms with Gasteiger partial charge in [-0.05, 0) is 36.6 Å². The van der Waals surface area contributed by atoms with Crippen molar-refractivity contribution in [2.75, 3.05) is 0 Å². The number of hydrogen-bond donors (Lipinski definition) is 2. The van der Waals surface area contributed by atoms with Gasteiger partial charge in [-0.25, -0.2) is 4.79 Å². The number of nitrogens with zero attached hydrogens (tertiary/aromatic N) is 1. The second kappa shape index (κ2) is 6.97. The summed E-state index contributed by atoms with van der Waals surface area (Å²) in [6.07, 6.45) is 0.649. The van der Waals surface area contributed by atoms with Gasteiger partial charge in [0.05, 0.1) is 11.3 Å². The third kappa shape index (κ3) is 3.80. The van der Waals surface area contributed by atoms with Crippen LogP contribution in [-0.2, 0) is 16.0 Å². The number of nitrogens with two attached hydrogens (primary N) is 1. The maximum absolute atomic E-state index is 11.6. The fourth-order valence-electron chi connectivity index (χ4n) is 2.34. The van der Waals surface area contributed by atoms with Gasteiger partial charge in [0.2, 0.25) is 0 Å². The number of carboxylic acids is 1. The lowest BCUT2D eigenvalue weighted by Gasteiger charge is -2.21. The summed E-state index contributed by atoms with van der Waals surface area (Å²) in [5.41, 5.74) is 7.43. The molecule has 1 aliphatic rings. The van der Waals surface area contributed by atoms with E-state index in [1.54, 1.807) is 19.1 Å². The lowest BCUT2D eigenvalue weighted by atomic mass is 10.0. The number of aryl methyl sites for hydroxylation is 1. The Morgan fingerprint density at radius 2 is 2.13 bits per heavy atom. The van der Waals surface area contributed by atoms with E-state index in [9.17, 15) is 14.7 Å². The molecule has 1 aliphatic heterocycles. The van der Waals surface area contributed by atoms with Crippen LogP contribution in [0.3, 0.4) is 0 Å². The highest BCUT2D eigenvalue weighted by Crippen LogP contribution is 2.38. The lowest BCUT2D eigenvalue weighted by Crippen LogP contribution is -2.23. The lowest BCUT2D eigenvalue weighted by molar-refractivity contribution is -0.132. The Balaban J connectivity index is 2.55. The third-order valence-electron chi connectivity index (χ3n) is 3.32. The van der Waals surface area contributed by atoms with Gasteiger partial charge in [-0.15, -0.1) is 0 Å². The fourth-order valence-corrected chi connectivity index (χ4v) is 3.41. The number of aliphatic imine (C=N–C) groups is 1. The second-order valence-corrected chi connectivity index (χ2v) is 6.13. The minimum atomic E-state index is -1.04. The van der Waals surface area contributed by atoms with Crippen LogP contribution in [0.5, 0.6) is 5.75 Å². The van der Waals surface area contributed by atoms with Crippen LogP contribution in [0.4, 0.5) is 0 Å². The molecule has 1 unspecified atom stereocenters. The number of ether oxygens (including phenoxy) is 1. The van der Waals surface area contributed by atoms with Crippen LogP contribution in [0, 0.1) is 0 Å². The molecule has 1 aromatic carbocycles. The molecule has 1 atom stereocenters. The van der Waals surface area contributed by atoms with Crippen molar-refractivity contribution in [3.63, 3.8) is 0 Å². The van der Waals surface area contributed by atoms with E-state index in [1.165, 1.54) is 18.7 Å². The molecule has 122 valence electrons. The molecule has 0 saturated carbocycles. The molecule has 2 rings (SSSR count). The molecule has 1 heterocycles. The van der Waals surface area contributed by atoms with Crippen molar-refractivity contribution in [1.82, 2.24) is 0 Å². The van der Waals surface area contributed by atoms with Gasteiger partial charge in [0.15, 0.2) is 0 Å². The molecule has 0 fully saturated rings. The number of benzene rings is 1. The monoisotopic (exact) mass is 334 g/mol. The molecule has 23 heavy (non-hydrogen) atoms. The van der Waals surface area contributed by atoms with Crippen molar-refractivity contribution in [1.29, 1.82) is 0 Å². The molecule has 0 amide bonds. The average molecular weight is 334 g/mol. The zero-order valence-electron chi connectivity index (χ0n) is 13.1. The van der Waals surface area contributed by atoms with Crippen LogP contribution in [0.2, 0.25) is 0 Å². The van der Waals surface area contributed by atoms with Gasteiger partial charge in [0.25, 0.3) is 0 Å². The maximum Gasteiger partial charge on any atom is 0.338 e. The summed E-state index contributed by atoms with van der Waals surface area (Å²) in [5, 5.41) is 9.46. The standard InChI is InChI=1S/C16H18N2O4S/c1-4-10-7-11(5-6-12(10)22-9(3)19)14-13(15(20)21)8(2)18-16(17)23-14/h5-7,16H,4,17H2,1-3H3,(H,20,21). The van der Waals surface area contributed by atoms with Gasteiger partial charge in [-0.2, -0.15) is 0 Å². The highest BCUT2D eigenvalue weighted by Gasteiger charge is 2.26. The number of hydrogen-bond acceptors (Lipinski definition) is 6. The Morgan fingerprint density at radius 1 is 1.43 bits per heavy atom. The maximum atomic E-state index is 11.6. The second-order valence-electron chi connectivity index (χ2n) is 5.00. The molecule has 0 saturated heterocycles. The fraction of sp³-hybridized carbons (Fsp3) is 0.312. The predicted octanol–water partition coefficient (Wildman–Crippen LogP) is 2.42. The smallest absolute Gasteiger partial charge is 0.338 e. The van der Waals surface area contributed by atoms with Crippen molar-refractivity contribution in [3.05, 3.63) is 34.9 Å². The van der Waals surface area contributed by atoms with Crippen LogP contribution in [0.15, 0.2) is 28.8 Å².